The number of fused-ring (bicyclic) bond motifs is 3. The quantitative estimate of drug-likeness (QED) is 0.460. The number of H-pyrrole nitrogens is 2. The van der Waals surface area contributed by atoms with Crippen LogP contribution >= 0.6 is 0 Å². The minimum absolute atomic E-state index is 0.133. The zero-order chi connectivity index (χ0) is 22.4. The van der Waals surface area contributed by atoms with Crippen molar-refractivity contribution >= 4 is 10.9 Å². The van der Waals surface area contributed by atoms with E-state index in [0.29, 0.717) is 24.6 Å². The summed E-state index contributed by atoms with van der Waals surface area (Å²) in [4.78, 5) is 33.5. The summed E-state index contributed by atoms with van der Waals surface area (Å²) >= 11 is 0. The molecule has 2 aromatic heterocycles. The average molecular weight is 432 g/mol. The SMILES string of the molecule is CCOc1ccc(-n2c(O)c([C@H]3c4[nH]c5ccccc5c4CCN3C)c(=O)[nH]c2=O)cc1. The molecule has 32 heavy (non-hydrogen) atoms. The third kappa shape index (κ3) is 3.11. The molecule has 8 heteroatoms. The monoisotopic (exact) mass is 432 g/mol. The van der Waals surface area contributed by atoms with Gasteiger partial charge in [-0.1, -0.05) is 18.2 Å². The zero-order valence-corrected chi connectivity index (χ0v) is 17.9. The first-order chi connectivity index (χ1) is 15.5. The summed E-state index contributed by atoms with van der Waals surface area (Å²) in [6.07, 6.45) is 0.823. The van der Waals surface area contributed by atoms with Crippen molar-refractivity contribution in [2.75, 3.05) is 20.2 Å². The Bertz CT molecular complexity index is 1410. The maximum atomic E-state index is 13.0. The summed E-state index contributed by atoms with van der Waals surface area (Å²) in [6, 6.07) is 14.3. The van der Waals surface area contributed by atoms with Crippen LogP contribution in [0.2, 0.25) is 0 Å². The minimum Gasteiger partial charge on any atom is -0.494 e. The van der Waals surface area contributed by atoms with Crippen molar-refractivity contribution in [2.45, 2.75) is 19.4 Å². The van der Waals surface area contributed by atoms with Crippen LogP contribution in [0.3, 0.4) is 0 Å². The first-order valence-electron chi connectivity index (χ1n) is 10.6. The van der Waals surface area contributed by atoms with Crippen molar-refractivity contribution in [3.05, 3.63) is 86.2 Å². The molecule has 0 saturated heterocycles. The first-order valence-corrected chi connectivity index (χ1v) is 10.6. The molecule has 0 unspecified atom stereocenters. The molecular weight excluding hydrogens is 408 g/mol. The molecule has 8 nitrogen and oxygen atoms in total. The topological polar surface area (TPSA) is 103 Å². The molecule has 3 N–H and O–H groups in total. The van der Waals surface area contributed by atoms with Crippen LogP contribution < -0.4 is 16.0 Å². The Morgan fingerprint density at radius 1 is 1.09 bits per heavy atom. The number of hydrogen-bond acceptors (Lipinski definition) is 5. The Hall–Kier alpha value is -3.78. The Morgan fingerprint density at radius 2 is 1.84 bits per heavy atom. The smallest absolute Gasteiger partial charge is 0.335 e. The molecule has 0 saturated carbocycles. The van der Waals surface area contributed by atoms with E-state index in [1.807, 2.05) is 37.1 Å². The van der Waals surface area contributed by atoms with Gasteiger partial charge in [-0.15, -0.1) is 0 Å². The predicted molar refractivity (Wildman–Crippen MR) is 122 cm³/mol. The highest BCUT2D eigenvalue weighted by atomic mass is 16.5. The molecule has 3 heterocycles. The average Bonchev–Trinajstić information content (AvgIpc) is 3.15. The number of rotatable bonds is 4. The van der Waals surface area contributed by atoms with E-state index in [4.69, 9.17) is 4.74 Å². The molecular formula is C24H24N4O4. The highest BCUT2D eigenvalue weighted by Gasteiger charge is 2.34. The number of ether oxygens (including phenoxy) is 1. The van der Waals surface area contributed by atoms with Gasteiger partial charge in [0.15, 0.2) is 0 Å². The van der Waals surface area contributed by atoms with Crippen molar-refractivity contribution in [2.24, 2.45) is 0 Å². The van der Waals surface area contributed by atoms with E-state index in [-0.39, 0.29) is 11.4 Å². The van der Waals surface area contributed by atoms with Gasteiger partial charge in [-0.3, -0.25) is 14.7 Å². The third-order valence-electron chi connectivity index (χ3n) is 6.08. The molecule has 0 fully saturated rings. The van der Waals surface area contributed by atoms with Crippen LogP contribution in [0.5, 0.6) is 11.6 Å². The van der Waals surface area contributed by atoms with Crippen LogP contribution in [0, 0.1) is 0 Å². The number of hydrogen-bond donors (Lipinski definition) is 3. The Morgan fingerprint density at radius 3 is 2.59 bits per heavy atom. The normalized spacial score (nSPS) is 16.2. The lowest BCUT2D eigenvalue weighted by Gasteiger charge is -2.33. The molecule has 2 aromatic carbocycles. The zero-order valence-electron chi connectivity index (χ0n) is 17.9. The van der Waals surface area contributed by atoms with E-state index >= 15 is 0 Å². The maximum absolute atomic E-state index is 13.0. The van der Waals surface area contributed by atoms with Gasteiger partial charge < -0.3 is 14.8 Å². The second-order valence-corrected chi connectivity index (χ2v) is 7.95. The molecule has 0 bridgehead atoms. The fourth-order valence-corrected chi connectivity index (χ4v) is 4.61. The second-order valence-electron chi connectivity index (χ2n) is 7.95. The Balaban J connectivity index is 1.70. The Kier molecular flexibility index (Phi) is 4.86. The molecule has 0 radical (unpaired) electrons. The highest BCUT2D eigenvalue weighted by molar-refractivity contribution is 5.85. The van der Waals surface area contributed by atoms with E-state index in [1.165, 1.54) is 0 Å². The van der Waals surface area contributed by atoms with Crippen molar-refractivity contribution in [1.82, 2.24) is 19.4 Å². The van der Waals surface area contributed by atoms with Gasteiger partial charge in [0.1, 0.15) is 11.3 Å². The molecule has 0 amide bonds. The largest absolute Gasteiger partial charge is 0.494 e. The van der Waals surface area contributed by atoms with E-state index in [2.05, 4.69) is 16.0 Å². The van der Waals surface area contributed by atoms with Crippen molar-refractivity contribution in [3.8, 4) is 17.3 Å². The summed E-state index contributed by atoms with van der Waals surface area (Å²) in [5.74, 6) is 0.287. The minimum atomic E-state index is -0.698. The highest BCUT2D eigenvalue weighted by Crippen LogP contribution is 2.39. The van der Waals surface area contributed by atoms with Crippen molar-refractivity contribution in [1.29, 1.82) is 0 Å². The van der Waals surface area contributed by atoms with Gasteiger partial charge in [-0.05, 0) is 56.3 Å². The van der Waals surface area contributed by atoms with Crippen molar-refractivity contribution < 1.29 is 9.84 Å². The number of para-hydroxylation sites is 1. The summed E-state index contributed by atoms with van der Waals surface area (Å²) < 4.78 is 6.58. The molecule has 164 valence electrons. The van der Waals surface area contributed by atoms with Crippen molar-refractivity contribution in [3.63, 3.8) is 0 Å². The summed E-state index contributed by atoms with van der Waals surface area (Å²) in [5.41, 5.74) is 2.23. The third-order valence-corrected chi connectivity index (χ3v) is 6.08. The summed E-state index contributed by atoms with van der Waals surface area (Å²) in [7, 11) is 1.91. The van der Waals surface area contributed by atoms with Gasteiger partial charge in [0, 0.05) is 23.1 Å². The maximum Gasteiger partial charge on any atom is 0.335 e. The molecule has 4 aromatic rings. The van der Waals surface area contributed by atoms with Gasteiger partial charge in [0.05, 0.1) is 18.3 Å². The second kappa shape index (κ2) is 7.72. The van der Waals surface area contributed by atoms with Gasteiger partial charge >= 0.3 is 5.69 Å². The van der Waals surface area contributed by atoms with E-state index < -0.39 is 17.3 Å². The number of benzene rings is 2. The molecule has 5 rings (SSSR count). The molecule has 1 atom stereocenters. The number of aromatic hydroxyl groups is 1. The van der Waals surface area contributed by atoms with Gasteiger partial charge in [0.2, 0.25) is 5.88 Å². The molecule has 1 aliphatic heterocycles. The fraction of sp³-hybridized carbons (Fsp3) is 0.250. The van der Waals surface area contributed by atoms with Crippen LogP contribution in [-0.4, -0.2) is 44.7 Å². The molecule has 0 aliphatic carbocycles. The van der Waals surface area contributed by atoms with E-state index in [0.717, 1.165) is 33.1 Å². The summed E-state index contributed by atoms with van der Waals surface area (Å²) in [6.45, 7) is 3.12. The first kappa shape index (κ1) is 20.1. The van der Waals surface area contributed by atoms with Crippen LogP contribution in [-0.2, 0) is 6.42 Å². The molecule has 0 spiro atoms. The lowest BCUT2D eigenvalue weighted by Crippen LogP contribution is -2.39. The Labute approximate surface area is 183 Å². The van der Waals surface area contributed by atoms with Crippen LogP contribution in [0.15, 0.2) is 58.1 Å². The number of nitrogens with zero attached hydrogens (tertiary/aromatic N) is 2. The number of aromatic amines is 2. The lowest BCUT2D eigenvalue weighted by atomic mass is 9.94. The number of nitrogens with one attached hydrogen (secondary N) is 2. The summed E-state index contributed by atoms with van der Waals surface area (Å²) in [5, 5.41) is 12.3. The van der Waals surface area contributed by atoms with E-state index in [9.17, 15) is 14.7 Å². The van der Waals surface area contributed by atoms with Gasteiger partial charge in [0.25, 0.3) is 5.56 Å². The standard InChI is InChI=1S/C24H24N4O4/c1-3-32-15-10-8-14(9-11-15)28-23(30)19(22(29)26-24(28)31)21-20-17(12-13-27(21)2)16-6-4-5-7-18(16)25-20/h4-11,21,25,30H,3,12-13H2,1-2H3,(H,26,29,31)/t21-/m0/s1. The predicted octanol–water partition coefficient (Wildman–Crippen LogP) is 2.69. The van der Waals surface area contributed by atoms with E-state index in [1.54, 1.807) is 24.3 Å². The number of likely N-dealkylation sites (N-methyl/N-ethyl adjacent to an activating group) is 1. The lowest BCUT2D eigenvalue weighted by molar-refractivity contribution is 0.251. The van der Waals surface area contributed by atoms with Crippen LogP contribution in [0.25, 0.3) is 16.6 Å². The fourth-order valence-electron chi connectivity index (χ4n) is 4.61. The van der Waals surface area contributed by atoms with Crippen LogP contribution in [0.1, 0.15) is 29.8 Å². The van der Waals surface area contributed by atoms with Gasteiger partial charge in [-0.2, -0.15) is 0 Å². The van der Waals surface area contributed by atoms with Crippen LogP contribution in [0.4, 0.5) is 0 Å². The molecule has 1 aliphatic rings. The number of aromatic nitrogens is 3. The van der Waals surface area contributed by atoms with Gasteiger partial charge in [-0.25, -0.2) is 9.36 Å².